The van der Waals surface area contributed by atoms with Crippen molar-refractivity contribution in [2.45, 2.75) is 51.9 Å². The molecule has 9 nitrogen and oxygen atoms in total. The molecule has 0 aliphatic rings. The van der Waals surface area contributed by atoms with Gasteiger partial charge in [-0.15, -0.1) is 5.10 Å². The van der Waals surface area contributed by atoms with E-state index in [0.717, 1.165) is 11.9 Å². The predicted octanol–water partition coefficient (Wildman–Crippen LogP) is 4.11. The van der Waals surface area contributed by atoms with E-state index in [2.05, 4.69) is 15.6 Å². The van der Waals surface area contributed by atoms with Crippen molar-refractivity contribution >= 4 is 22.8 Å². The normalized spacial score (nSPS) is 12.3. The van der Waals surface area contributed by atoms with Gasteiger partial charge in [0.2, 0.25) is 11.8 Å². The lowest BCUT2D eigenvalue weighted by molar-refractivity contribution is -0.143. The van der Waals surface area contributed by atoms with E-state index in [0.29, 0.717) is 22.6 Å². The van der Waals surface area contributed by atoms with Gasteiger partial charge in [0.15, 0.2) is 0 Å². The van der Waals surface area contributed by atoms with Crippen molar-refractivity contribution in [1.29, 1.82) is 0 Å². The van der Waals surface area contributed by atoms with E-state index < -0.39 is 11.6 Å². The minimum absolute atomic E-state index is 0.0850. The summed E-state index contributed by atoms with van der Waals surface area (Å²) in [5.74, 6) is 0.639. The molecule has 4 aromatic rings. The summed E-state index contributed by atoms with van der Waals surface area (Å²) in [6.07, 6.45) is 2.27. The summed E-state index contributed by atoms with van der Waals surface area (Å²) in [6, 6.07) is 17.2. The molecule has 0 unspecified atom stereocenters. The summed E-state index contributed by atoms with van der Waals surface area (Å²) < 4.78 is 12.4. The molecule has 0 spiro atoms. The second kappa shape index (κ2) is 10.6. The largest absolute Gasteiger partial charge is 0.497 e. The van der Waals surface area contributed by atoms with Gasteiger partial charge in [-0.1, -0.05) is 36.4 Å². The van der Waals surface area contributed by atoms with Crippen LogP contribution in [0.2, 0.25) is 0 Å². The number of hydrogen-bond donors (Lipinski definition) is 1. The number of hydrogen-bond acceptors (Lipinski definition) is 6. The smallest absolute Gasteiger partial charge is 0.247 e. The van der Waals surface area contributed by atoms with Crippen LogP contribution >= 0.6 is 0 Å². The Balaban J connectivity index is 1.74. The predicted molar refractivity (Wildman–Crippen MR) is 135 cm³/mol. The maximum atomic E-state index is 13.8. The molecular weight excluding hydrogens is 458 g/mol. The molecule has 0 aliphatic heterocycles. The van der Waals surface area contributed by atoms with Crippen LogP contribution in [0.25, 0.3) is 11.0 Å². The number of carbonyl (C=O) groups excluding carboxylic acids is 2. The number of benzene rings is 2. The van der Waals surface area contributed by atoms with Crippen LogP contribution in [0, 0.1) is 0 Å². The van der Waals surface area contributed by atoms with Crippen LogP contribution in [0.1, 0.15) is 44.6 Å². The highest BCUT2D eigenvalue weighted by Crippen LogP contribution is 2.27. The lowest BCUT2D eigenvalue weighted by Crippen LogP contribution is -2.50. The van der Waals surface area contributed by atoms with Gasteiger partial charge in [-0.3, -0.25) is 9.59 Å². The van der Waals surface area contributed by atoms with Crippen LogP contribution < -0.4 is 10.1 Å². The quantitative estimate of drug-likeness (QED) is 0.360. The van der Waals surface area contributed by atoms with E-state index in [9.17, 15) is 9.59 Å². The molecule has 4 rings (SSSR count). The number of aromatic nitrogens is 3. The number of rotatable bonds is 10. The zero-order valence-electron chi connectivity index (χ0n) is 21.0. The van der Waals surface area contributed by atoms with Gasteiger partial charge in [0.05, 0.1) is 25.4 Å². The Hall–Kier alpha value is -4.14. The third-order valence-corrected chi connectivity index (χ3v) is 6.27. The van der Waals surface area contributed by atoms with E-state index in [1.807, 2.05) is 45.0 Å². The van der Waals surface area contributed by atoms with Crippen LogP contribution in [0.3, 0.4) is 0 Å². The lowest BCUT2D eigenvalue weighted by atomic mass is 9.98. The van der Waals surface area contributed by atoms with Crippen molar-refractivity contribution in [2.24, 2.45) is 0 Å². The Labute approximate surface area is 210 Å². The lowest BCUT2D eigenvalue weighted by Gasteiger charge is -2.34. The Kier molecular flexibility index (Phi) is 7.38. The molecule has 2 aromatic carbocycles. The van der Waals surface area contributed by atoms with Gasteiger partial charge in [0, 0.05) is 5.54 Å². The second-order valence-corrected chi connectivity index (χ2v) is 9.24. The highest BCUT2D eigenvalue weighted by molar-refractivity contribution is 5.89. The fraction of sp³-hybridized carbons (Fsp3) is 0.333. The number of fused-ring (bicyclic) bond motifs is 1. The molecule has 1 atom stereocenters. The van der Waals surface area contributed by atoms with Crippen LogP contribution in [-0.2, 0) is 22.7 Å². The van der Waals surface area contributed by atoms with Crippen LogP contribution in [0.15, 0.2) is 71.3 Å². The fourth-order valence-electron chi connectivity index (χ4n) is 3.90. The Morgan fingerprint density at radius 1 is 1.11 bits per heavy atom. The van der Waals surface area contributed by atoms with Crippen LogP contribution in [0.5, 0.6) is 5.75 Å². The van der Waals surface area contributed by atoms with Crippen molar-refractivity contribution in [3.8, 4) is 5.75 Å². The molecule has 36 heavy (non-hydrogen) atoms. The van der Waals surface area contributed by atoms with Gasteiger partial charge < -0.3 is 19.4 Å². The molecule has 0 radical (unpaired) electrons. The Bertz CT molecular complexity index is 1310. The van der Waals surface area contributed by atoms with E-state index in [1.54, 1.807) is 54.5 Å². The first kappa shape index (κ1) is 25.0. The molecule has 1 N–H and O–H groups in total. The molecular formula is C27H31N5O4. The fourth-order valence-corrected chi connectivity index (χ4v) is 3.90. The van der Waals surface area contributed by atoms with E-state index in [4.69, 9.17) is 9.15 Å². The molecule has 0 saturated heterocycles. The Morgan fingerprint density at radius 3 is 2.53 bits per heavy atom. The standard InChI is InChI=1S/C27H31N5O4/c1-5-27(2,3)28-26(34)25(19-12-14-20(35-4)15-13-19)31(17-21-9-8-16-36-21)24(33)18-32-23-11-7-6-10-22(23)29-30-32/h6-16,25H,5,17-18H2,1-4H3,(H,28,34)/t25-/m1/s1. The summed E-state index contributed by atoms with van der Waals surface area (Å²) in [4.78, 5) is 29.1. The van der Waals surface area contributed by atoms with Crippen molar-refractivity contribution in [2.75, 3.05) is 7.11 Å². The summed E-state index contributed by atoms with van der Waals surface area (Å²) in [6.45, 7) is 5.93. The van der Waals surface area contributed by atoms with Crippen molar-refractivity contribution in [3.05, 3.63) is 78.3 Å². The van der Waals surface area contributed by atoms with Gasteiger partial charge in [-0.25, -0.2) is 4.68 Å². The molecule has 0 bridgehead atoms. The molecule has 2 amide bonds. The summed E-state index contributed by atoms with van der Waals surface area (Å²) in [7, 11) is 1.58. The van der Waals surface area contributed by atoms with Crippen molar-refractivity contribution in [3.63, 3.8) is 0 Å². The van der Waals surface area contributed by atoms with Gasteiger partial charge in [-0.2, -0.15) is 0 Å². The summed E-state index contributed by atoms with van der Waals surface area (Å²) >= 11 is 0. The van der Waals surface area contributed by atoms with Gasteiger partial charge >= 0.3 is 0 Å². The molecule has 0 fully saturated rings. The molecule has 0 saturated carbocycles. The minimum Gasteiger partial charge on any atom is -0.497 e. The number of carbonyl (C=O) groups is 2. The zero-order chi connectivity index (χ0) is 25.7. The topological polar surface area (TPSA) is 102 Å². The number of methoxy groups -OCH3 is 1. The Morgan fingerprint density at radius 2 is 1.86 bits per heavy atom. The number of nitrogens with one attached hydrogen (secondary N) is 1. The first-order chi connectivity index (χ1) is 17.3. The van der Waals surface area contributed by atoms with Crippen LogP contribution in [-0.4, -0.2) is 44.4 Å². The maximum absolute atomic E-state index is 13.8. The van der Waals surface area contributed by atoms with Gasteiger partial charge in [-0.05, 0) is 62.2 Å². The number of nitrogens with zero attached hydrogens (tertiary/aromatic N) is 4. The molecule has 188 valence electrons. The maximum Gasteiger partial charge on any atom is 0.247 e. The van der Waals surface area contributed by atoms with E-state index >= 15 is 0 Å². The molecule has 0 aliphatic carbocycles. The molecule has 2 aromatic heterocycles. The average Bonchev–Trinajstić information content (AvgIpc) is 3.54. The minimum atomic E-state index is -0.908. The first-order valence-corrected chi connectivity index (χ1v) is 11.9. The number of ether oxygens (including phenoxy) is 1. The van der Waals surface area contributed by atoms with Gasteiger partial charge in [0.1, 0.15) is 29.6 Å². The number of para-hydroxylation sites is 1. The summed E-state index contributed by atoms with van der Waals surface area (Å²) in [5.41, 5.74) is 1.63. The van der Waals surface area contributed by atoms with Crippen molar-refractivity contribution < 1.29 is 18.7 Å². The first-order valence-electron chi connectivity index (χ1n) is 11.9. The second-order valence-electron chi connectivity index (χ2n) is 9.24. The van der Waals surface area contributed by atoms with Crippen LogP contribution in [0.4, 0.5) is 0 Å². The molecule has 9 heteroatoms. The highest BCUT2D eigenvalue weighted by atomic mass is 16.5. The number of furan rings is 1. The third-order valence-electron chi connectivity index (χ3n) is 6.27. The van der Waals surface area contributed by atoms with E-state index in [1.165, 1.54) is 4.90 Å². The SMILES string of the molecule is CCC(C)(C)NC(=O)[C@@H](c1ccc(OC)cc1)N(Cc1ccco1)C(=O)Cn1nnc2ccccc21. The zero-order valence-corrected chi connectivity index (χ0v) is 21.0. The van der Waals surface area contributed by atoms with Crippen molar-refractivity contribution in [1.82, 2.24) is 25.2 Å². The van der Waals surface area contributed by atoms with E-state index in [-0.39, 0.29) is 24.9 Å². The number of amides is 2. The molecule has 2 heterocycles. The average molecular weight is 490 g/mol. The monoisotopic (exact) mass is 489 g/mol. The third kappa shape index (κ3) is 5.56. The van der Waals surface area contributed by atoms with Gasteiger partial charge in [0.25, 0.3) is 0 Å². The summed E-state index contributed by atoms with van der Waals surface area (Å²) in [5, 5.41) is 11.4. The highest BCUT2D eigenvalue weighted by Gasteiger charge is 2.34.